The summed E-state index contributed by atoms with van der Waals surface area (Å²) in [6.07, 6.45) is 4.83. The lowest BCUT2D eigenvalue weighted by Gasteiger charge is -2.05. The zero-order valence-electron chi connectivity index (χ0n) is 10.1. The molecule has 16 heavy (non-hydrogen) atoms. The first-order chi connectivity index (χ1) is 7.81. The van der Waals surface area contributed by atoms with Gasteiger partial charge in [-0.2, -0.15) is 4.98 Å². The second-order valence-corrected chi connectivity index (χ2v) is 3.78. The van der Waals surface area contributed by atoms with Crippen LogP contribution in [0, 0.1) is 0 Å². The second kappa shape index (κ2) is 7.35. The van der Waals surface area contributed by atoms with Crippen LogP contribution in [0.1, 0.15) is 50.4 Å². The second-order valence-electron chi connectivity index (χ2n) is 3.78. The number of ether oxygens (including phenoxy) is 1. The third-order valence-electron chi connectivity index (χ3n) is 2.52. The molecule has 0 amide bonds. The highest BCUT2D eigenvalue weighted by molar-refractivity contribution is 4.91. The number of rotatable bonds is 8. The maximum atomic E-state index is 5.42. The topological polar surface area (TPSA) is 74.2 Å². The summed E-state index contributed by atoms with van der Waals surface area (Å²) in [6.45, 7) is 2.78. The van der Waals surface area contributed by atoms with Gasteiger partial charge in [-0.15, -0.1) is 0 Å². The highest BCUT2D eigenvalue weighted by Crippen LogP contribution is 2.17. The first-order valence-corrected chi connectivity index (χ1v) is 5.87. The lowest BCUT2D eigenvalue weighted by molar-refractivity contribution is 0.0903. The average molecular weight is 227 g/mol. The van der Waals surface area contributed by atoms with E-state index in [-0.39, 0.29) is 6.10 Å². The van der Waals surface area contributed by atoms with Gasteiger partial charge in [0.2, 0.25) is 11.7 Å². The van der Waals surface area contributed by atoms with Gasteiger partial charge in [-0.3, -0.25) is 0 Å². The van der Waals surface area contributed by atoms with Gasteiger partial charge < -0.3 is 15.0 Å². The van der Waals surface area contributed by atoms with E-state index in [4.69, 9.17) is 15.0 Å². The van der Waals surface area contributed by atoms with E-state index in [0.29, 0.717) is 11.7 Å². The molecule has 0 saturated carbocycles. The van der Waals surface area contributed by atoms with Crippen LogP contribution in [-0.2, 0) is 11.2 Å². The largest absolute Gasteiger partial charge is 0.373 e. The van der Waals surface area contributed by atoms with E-state index in [9.17, 15) is 0 Å². The smallest absolute Gasteiger partial charge is 0.226 e. The van der Waals surface area contributed by atoms with Crippen molar-refractivity contribution in [1.29, 1.82) is 0 Å². The molecule has 1 aromatic rings. The number of methoxy groups -OCH3 is 1. The van der Waals surface area contributed by atoms with E-state index in [1.165, 1.54) is 0 Å². The lowest BCUT2D eigenvalue weighted by Crippen LogP contribution is -2.02. The number of aromatic nitrogens is 2. The fourth-order valence-corrected chi connectivity index (χ4v) is 1.55. The summed E-state index contributed by atoms with van der Waals surface area (Å²) in [6, 6.07) is 0. The molecule has 1 aromatic heterocycles. The molecule has 0 aliphatic heterocycles. The molecule has 5 heteroatoms. The summed E-state index contributed by atoms with van der Waals surface area (Å²) in [5.41, 5.74) is 5.42. The van der Waals surface area contributed by atoms with E-state index in [2.05, 4.69) is 10.1 Å². The monoisotopic (exact) mass is 227 g/mol. The van der Waals surface area contributed by atoms with Crippen molar-refractivity contribution in [2.24, 2.45) is 5.73 Å². The lowest BCUT2D eigenvalue weighted by atomic mass is 10.2. The number of nitrogens with two attached hydrogens (primary N) is 1. The maximum absolute atomic E-state index is 5.42. The average Bonchev–Trinajstić information content (AvgIpc) is 2.75. The normalized spacial score (nSPS) is 12.9. The van der Waals surface area contributed by atoms with Gasteiger partial charge in [0, 0.05) is 13.5 Å². The molecule has 0 aliphatic rings. The number of nitrogens with zero attached hydrogens (tertiary/aromatic N) is 2. The van der Waals surface area contributed by atoms with Crippen LogP contribution in [0.15, 0.2) is 4.52 Å². The van der Waals surface area contributed by atoms with Gasteiger partial charge >= 0.3 is 0 Å². The molecule has 0 bridgehead atoms. The van der Waals surface area contributed by atoms with Crippen molar-refractivity contribution >= 4 is 0 Å². The minimum Gasteiger partial charge on any atom is -0.373 e. The van der Waals surface area contributed by atoms with Crippen LogP contribution in [0.25, 0.3) is 0 Å². The molecular formula is C11H21N3O2. The molecule has 1 atom stereocenters. The summed E-state index contributed by atoms with van der Waals surface area (Å²) < 4.78 is 10.4. The highest BCUT2D eigenvalue weighted by Gasteiger charge is 2.15. The van der Waals surface area contributed by atoms with E-state index < -0.39 is 0 Å². The predicted molar refractivity (Wildman–Crippen MR) is 60.9 cm³/mol. The highest BCUT2D eigenvalue weighted by atomic mass is 16.5. The molecule has 0 saturated heterocycles. The summed E-state index contributed by atoms with van der Waals surface area (Å²) in [5.74, 6) is 1.35. The Labute approximate surface area is 96.4 Å². The molecule has 1 heterocycles. The Morgan fingerprint density at radius 3 is 2.81 bits per heavy atom. The van der Waals surface area contributed by atoms with Crippen LogP contribution < -0.4 is 5.73 Å². The van der Waals surface area contributed by atoms with Crippen molar-refractivity contribution in [3.63, 3.8) is 0 Å². The van der Waals surface area contributed by atoms with E-state index in [1.54, 1.807) is 7.11 Å². The van der Waals surface area contributed by atoms with Gasteiger partial charge in [0.25, 0.3) is 0 Å². The molecule has 1 rings (SSSR count). The predicted octanol–water partition coefficient (Wildman–Crippen LogP) is 1.84. The number of aryl methyl sites for hydroxylation is 1. The number of unbranched alkanes of at least 4 members (excludes halogenated alkanes) is 2. The minimum absolute atomic E-state index is 0.0541. The van der Waals surface area contributed by atoms with Crippen LogP contribution in [0.4, 0.5) is 0 Å². The van der Waals surface area contributed by atoms with Gasteiger partial charge in [0.1, 0.15) is 6.10 Å². The van der Waals surface area contributed by atoms with Crippen LogP contribution in [0.3, 0.4) is 0 Å². The van der Waals surface area contributed by atoms with Crippen molar-refractivity contribution in [2.45, 2.75) is 45.1 Å². The SMILES string of the molecule is CCC(OC)c1noc(CCCCCN)n1. The standard InChI is InChI=1S/C11H21N3O2/c1-3-9(15-2)11-13-10(16-14-11)7-5-4-6-8-12/h9H,3-8,12H2,1-2H3. The molecule has 5 nitrogen and oxygen atoms in total. The minimum atomic E-state index is -0.0541. The Hall–Kier alpha value is -0.940. The maximum Gasteiger partial charge on any atom is 0.226 e. The number of hydrogen-bond donors (Lipinski definition) is 1. The van der Waals surface area contributed by atoms with Crippen molar-refractivity contribution < 1.29 is 9.26 Å². The zero-order chi connectivity index (χ0) is 11.8. The summed E-state index contributed by atoms with van der Waals surface area (Å²) in [4.78, 5) is 4.32. The van der Waals surface area contributed by atoms with Gasteiger partial charge in [0.05, 0.1) is 0 Å². The van der Waals surface area contributed by atoms with Crippen LogP contribution in [-0.4, -0.2) is 23.8 Å². The van der Waals surface area contributed by atoms with E-state index >= 15 is 0 Å². The Balaban J connectivity index is 2.38. The molecule has 92 valence electrons. The van der Waals surface area contributed by atoms with E-state index in [1.807, 2.05) is 6.92 Å². The summed E-state index contributed by atoms with van der Waals surface area (Å²) >= 11 is 0. The van der Waals surface area contributed by atoms with Crippen LogP contribution in [0.5, 0.6) is 0 Å². The molecule has 0 aromatic carbocycles. The van der Waals surface area contributed by atoms with Crippen LogP contribution in [0.2, 0.25) is 0 Å². The molecule has 0 radical (unpaired) electrons. The number of hydrogen-bond acceptors (Lipinski definition) is 5. The Kier molecular flexibility index (Phi) is 6.03. The molecule has 0 aliphatic carbocycles. The van der Waals surface area contributed by atoms with Crippen molar-refractivity contribution in [3.8, 4) is 0 Å². The van der Waals surface area contributed by atoms with E-state index in [0.717, 1.165) is 38.6 Å². The fraction of sp³-hybridized carbons (Fsp3) is 0.818. The molecule has 1 unspecified atom stereocenters. The first kappa shape index (κ1) is 13.1. The van der Waals surface area contributed by atoms with Crippen LogP contribution >= 0.6 is 0 Å². The van der Waals surface area contributed by atoms with Gasteiger partial charge in [-0.25, -0.2) is 0 Å². The molecule has 2 N–H and O–H groups in total. The van der Waals surface area contributed by atoms with Crippen molar-refractivity contribution in [3.05, 3.63) is 11.7 Å². The van der Waals surface area contributed by atoms with Gasteiger partial charge in [-0.1, -0.05) is 18.5 Å². The van der Waals surface area contributed by atoms with Gasteiger partial charge in [0.15, 0.2) is 0 Å². The first-order valence-electron chi connectivity index (χ1n) is 5.87. The quantitative estimate of drug-likeness (QED) is 0.686. The van der Waals surface area contributed by atoms with Crippen molar-refractivity contribution in [2.75, 3.05) is 13.7 Å². The zero-order valence-corrected chi connectivity index (χ0v) is 10.1. The van der Waals surface area contributed by atoms with Gasteiger partial charge in [-0.05, 0) is 25.8 Å². The molecular weight excluding hydrogens is 206 g/mol. The third-order valence-corrected chi connectivity index (χ3v) is 2.52. The van der Waals surface area contributed by atoms with Crippen molar-refractivity contribution in [1.82, 2.24) is 10.1 Å². The Morgan fingerprint density at radius 2 is 2.19 bits per heavy atom. The Morgan fingerprint density at radius 1 is 1.38 bits per heavy atom. The summed E-state index contributed by atoms with van der Waals surface area (Å²) in [5, 5.41) is 3.92. The molecule has 0 spiro atoms. The third kappa shape index (κ3) is 3.90. The fourth-order valence-electron chi connectivity index (χ4n) is 1.55. The molecule has 0 fully saturated rings. The Bertz CT molecular complexity index is 285. The summed E-state index contributed by atoms with van der Waals surface area (Å²) in [7, 11) is 1.66.